The zero-order valence-electron chi connectivity index (χ0n) is 8.96. The fraction of sp³-hybridized carbons (Fsp3) is 1.00. The van der Waals surface area contributed by atoms with E-state index in [0.717, 1.165) is 0 Å². The second kappa shape index (κ2) is 3.47. The number of hydrogen-bond acceptors (Lipinski definition) is 2. The first-order valence-electron chi connectivity index (χ1n) is 4.54. The standard InChI is InChI=1S/C8H8F8O2/c1-3-5(17,18-3)7(13,14)8(15,16)6(11,12)4(2,9)10/h3,17H,1-2H3. The van der Waals surface area contributed by atoms with E-state index in [1.807, 2.05) is 0 Å². The Hall–Kier alpha value is -0.640. The highest BCUT2D eigenvalue weighted by Gasteiger charge is 2.88. The fourth-order valence-electron chi connectivity index (χ4n) is 1.26. The molecule has 0 saturated carbocycles. The molecule has 0 aromatic rings. The Bertz CT molecular complexity index is 349. The number of halogens is 8. The molecule has 2 nitrogen and oxygen atoms in total. The highest BCUT2D eigenvalue weighted by Crippen LogP contribution is 2.60. The predicted molar refractivity (Wildman–Crippen MR) is 41.0 cm³/mol. The van der Waals surface area contributed by atoms with E-state index in [1.54, 1.807) is 0 Å². The van der Waals surface area contributed by atoms with Crippen LogP contribution < -0.4 is 0 Å². The molecule has 0 radical (unpaired) electrons. The highest BCUT2D eigenvalue weighted by molar-refractivity contribution is 5.13. The van der Waals surface area contributed by atoms with Gasteiger partial charge in [0.05, 0.1) is 0 Å². The predicted octanol–water partition coefficient (Wildman–Crippen LogP) is 2.65. The molecule has 1 heterocycles. The third-order valence-corrected chi connectivity index (χ3v) is 2.64. The summed E-state index contributed by atoms with van der Waals surface area (Å²) in [5.41, 5.74) is 0. The molecule has 108 valence electrons. The summed E-state index contributed by atoms with van der Waals surface area (Å²) in [5.74, 6) is -28.0. The van der Waals surface area contributed by atoms with Crippen LogP contribution in [0.1, 0.15) is 13.8 Å². The van der Waals surface area contributed by atoms with Crippen molar-refractivity contribution in [1.29, 1.82) is 0 Å². The topological polar surface area (TPSA) is 32.8 Å². The van der Waals surface area contributed by atoms with Crippen molar-refractivity contribution >= 4 is 0 Å². The Morgan fingerprint density at radius 2 is 1.28 bits per heavy atom. The van der Waals surface area contributed by atoms with Crippen LogP contribution >= 0.6 is 0 Å². The van der Waals surface area contributed by atoms with Gasteiger partial charge < -0.3 is 9.84 Å². The minimum Gasteiger partial charge on any atom is -0.359 e. The number of ether oxygens (including phenoxy) is 1. The summed E-state index contributed by atoms with van der Waals surface area (Å²) in [6, 6.07) is 0. The molecule has 1 fully saturated rings. The average Bonchev–Trinajstić information content (AvgIpc) is 2.73. The summed E-state index contributed by atoms with van der Waals surface area (Å²) >= 11 is 0. The van der Waals surface area contributed by atoms with Gasteiger partial charge in [-0.2, -0.15) is 35.1 Å². The van der Waals surface area contributed by atoms with Gasteiger partial charge in [0.15, 0.2) is 0 Å². The van der Waals surface area contributed by atoms with Crippen LogP contribution in [0.2, 0.25) is 0 Å². The van der Waals surface area contributed by atoms with Gasteiger partial charge in [-0.25, -0.2) is 0 Å². The van der Waals surface area contributed by atoms with E-state index < -0.39 is 42.5 Å². The van der Waals surface area contributed by atoms with Crippen molar-refractivity contribution in [3.05, 3.63) is 0 Å². The number of rotatable bonds is 4. The Morgan fingerprint density at radius 1 is 0.944 bits per heavy atom. The molecule has 1 saturated heterocycles. The highest BCUT2D eigenvalue weighted by atomic mass is 19.4. The van der Waals surface area contributed by atoms with Gasteiger partial charge in [-0.3, -0.25) is 0 Å². The van der Waals surface area contributed by atoms with Gasteiger partial charge in [0.1, 0.15) is 6.10 Å². The van der Waals surface area contributed by atoms with Crippen LogP contribution in [0.15, 0.2) is 0 Å². The molecule has 0 amide bonds. The lowest BCUT2D eigenvalue weighted by atomic mass is 9.94. The summed E-state index contributed by atoms with van der Waals surface area (Å²) in [7, 11) is 0. The molecule has 1 rings (SSSR count). The molecule has 2 atom stereocenters. The third kappa shape index (κ3) is 1.61. The zero-order valence-corrected chi connectivity index (χ0v) is 8.96. The van der Waals surface area contributed by atoms with Crippen LogP contribution in [-0.2, 0) is 4.74 Å². The maximum atomic E-state index is 13.1. The molecule has 10 heteroatoms. The molecular weight excluding hydrogens is 280 g/mol. The molecular formula is C8H8F8O2. The van der Waals surface area contributed by atoms with E-state index >= 15 is 0 Å². The molecule has 0 bridgehead atoms. The lowest BCUT2D eigenvalue weighted by Gasteiger charge is -2.36. The zero-order chi connectivity index (χ0) is 14.8. The molecule has 0 spiro atoms. The van der Waals surface area contributed by atoms with Crippen molar-refractivity contribution in [2.24, 2.45) is 0 Å². The SMILES string of the molecule is CC1OC1(O)C(F)(F)C(F)(F)C(F)(F)C(C)(F)F. The van der Waals surface area contributed by atoms with Gasteiger partial charge in [-0.05, 0) is 6.92 Å². The summed E-state index contributed by atoms with van der Waals surface area (Å²) in [4.78, 5) is 0. The van der Waals surface area contributed by atoms with Gasteiger partial charge >= 0.3 is 23.7 Å². The number of alkyl halides is 8. The minimum absolute atomic E-state index is 0.627. The number of epoxide rings is 1. The summed E-state index contributed by atoms with van der Waals surface area (Å²) in [5, 5.41) is 8.86. The molecule has 0 aliphatic carbocycles. The van der Waals surface area contributed by atoms with Gasteiger partial charge in [0, 0.05) is 6.92 Å². The fourth-order valence-corrected chi connectivity index (χ4v) is 1.26. The van der Waals surface area contributed by atoms with E-state index in [2.05, 4.69) is 4.74 Å². The summed E-state index contributed by atoms with van der Waals surface area (Å²) < 4.78 is 106. The number of hydrogen-bond donors (Lipinski definition) is 1. The van der Waals surface area contributed by atoms with Crippen molar-refractivity contribution in [2.75, 3.05) is 0 Å². The van der Waals surface area contributed by atoms with Crippen LogP contribution in [0.3, 0.4) is 0 Å². The first-order valence-corrected chi connectivity index (χ1v) is 4.54. The molecule has 1 aliphatic rings. The van der Waals surface area contributed by atoms with E-state index in [1.165, 1.54) is 0 Å². The van der Waals surface area contributed by atoms with Crippen LogP contribution in [0, 0.1) is 0 Å². The van der Waals surface area contributed by atoms with Gasteiger partial charge in [0.25, 0.3) is 5.79 Å². The summed E-state index contributed by atoms with van der Waals surface area (Å²) in [6.45, 7) is 0.0739. The maximum absolute atomic E-state index is 13.1. The Kier molecular flexibility index (Phi) is 2.97. The first-order chi connectivity index (χ1) is 7.63. The van der Waals surface area contributed by atoms with Crippen LogP contribution in [0.4, 0.5) is 35.1 Å². The van der Waals surface area contributed by atoms with Crippen molar-refractivity contribution in [1.82, 2.24) is 0 Å². The van der Waals surface area contributed by atoms with Crippen LogP contribution in [0.25, 0.3) is 0 Å². The van der Waals surface area contributed by atoms with Crippen molar-refractivity contribution < 1.29 is 45.0 Å². The van der Waals surface area contributed by atoms with E-state index in [-0.39, 0.29) is 0 Å². The normalized spacial score (nSPS) is 30.5. The minimum atomic E-state index is -6.49. The average molecular weight is 288 g/mol. The second-order valence-electron chi connectivity index (χ2n) is 4.07. The molecule has 0 aromatic carbocycles. The molecule has 1 N–H and O–H groups in total. The van der Waals surface area contributed by atoms with Crippen molar-refractivity contribution in [3.63, 3.8) is 0 Å². The largest absolute Gasteiger partial charge is 0.383 e. The monoisotopic (exact) mass is 288 g/mol. The van der Waals surface area contributed by atoms with Crippen LogP contribution in [-0.4, -0.2) is 40.7 Å². The van der Waals surface area contributed by atoms with Crippen molar-refractivity contribution in [2.45, 2.75) is 49.4 Å². The quantitative estimate of drug-likeness (QED) is 0.637. The maximum Gasteiger partial charge on any atom is 0.383 e. The molecule has 18 heavy (non-hydrogen) atoms. The summed E-state index contributed by atoms with van der Waals surface area (Å²) in [6.07, 6.45) is -1.88. The van der Waals surface area contributed by atoms with Gasteiger partial charge in [0.2, 0.25) is 0 Å². The van der Waals surface area contributed by atoms with Crippen LogP contribution in [0.5, 0.6) is 0 Å². The molecule has 1 aliphatic heterocycles. The number of aliphatic hydroxyl groups is 1. The third-order valence-electron chi connectivity index (χ3n) is 2.64. The van der Waals surface area contributed by atoms with E-state index in [4.69, 9.17) is 5.11 Å². The van der Waals surface area contributed by atoms with Gasteiger partial charge in [-0.1, -0.05) is 0 Å². The van der Waals surface area contributed by atoms with E-state index in [9.17, 15) is 35.1 Å². The Labute approximate surface area is 95.5 Å². The first kappa shape index (κ1) is 15.4. The second-order valence-corrected chi connectivity index (χ2v) is 4.07. The van der Waals surface area contributed by atoms with E-state index in [0.29, 0.717) is 6.92 Å². The lowest BCUT2D eigenvalue weighted by molar-refractivity contribution is -0.389. The van der Waals surface area contributed by atoms with Gasteiger partial charge in [-0.15, -0.1) is 0 Å². The molecule has 0 aromatic heterocycles. The van der Waals surface area contributed by atoms with Crippen molar-refractivity contribution in [3.8, 4) is 0 Å². The Balaban J connectivity index is 3.22. The Morgan fingerprint density at radius 3 is 1.50 bits per heavy atom. The smallest absolute Gasteiger partial charge is 0.359 e. The molecule has 2 unspecified atom stereocenters. The lowest BCUT2D eigenvalue weighted by Crippen LogP contribution is -2.66.